The largest absolute Gasteiger partial charge is 0.459 e. The van der Waals surface area contributed by atoms with E-state index in [-0.39, 0.29) is 6.04 Å². The van der Waals surface area contributed by atoms with Gasteiger partial charge in [-0.25, -0.2) is 0 Å². The summed E-state index contributed by atoms with van der Waals surface area (Å²) in [6, 6.07) is 8.76. The van der Waals surface area contributed by atoms with Gasteiger partial charge >= 0.3 is 0 Å². The number of nitrogens with one attached hydrogen (secondary N) is 1. The molecule has 2 rings (SSSR count). The highest BCUT2D eigenvalue weighted by atomic mass is 16.3. The maximum Gasteiger partial charge on any atom is 0.134 e. The molecule has 0 fully saturated rings. The van der Waals surface area contributed by atoms with E-state index < -0.39 is 0 Å². The van der Waals surface area contributed by atoms with Crippen molar-refractivity contribution in [2.75, 3.05) is 0 Å². The molecule has 106 valence electrons. The van der Waals surface area contributed by atoms with Gasteiger partial charge < -0.3 is 9.73 Å². The lowest BCUT2D eigenvalue weighted by Gasteiger charge is -2.20. The minimum atomic E-state index is 0.177. The van der Waals surface area contributed by atoms with Crippen LogP contribution in [-0.4, -0.2) is 6.04 Å². The third-order valence-corrected chi connectivity index (χ3v) is 3.82. The zero-order chi connectivity index (χ0) is 14.5. The van der Waals surface area contributed by atoms with Crippen LogP contribution in [0, 0.1) is 12.3 Å². The average molecular weight is 269 g/mol. The van der Waals surface area contributed by atoms with Crippen molar-refractivity contribution in [3.8, 4) is 12.3 Å². The number of hydrogen-bond acceptors (Lipinski definition) is 2. The van der Waals surface area contributed by atoms with Crippen molar-refractivity contribution in [2.45, 2.75) is 52.1 Å². The average Bonchev–Trinajstić information content (AvgIpc) is 2.85. The van der Waals surface area contributed by atoms with E-state index in [1.54, 1.807) is 0 Å². The van der Waals surface area contributed by atoms with Gasteiger partial charge in [0.2, 0.25) is 0 Å². The van der Waals surface area contributed by atoms with Crippen LogP contribution >= 0.6 is 0 Å². The molecule has 0 saturated carbocycles. The molecule has 0 aliphatic carbocycles. The second kappa shape index (κ2) is 6.63. The molecule has 0 saturated heterocycles. The molecule has 0 radical (unpaired) electrons. The number of fused-ring (bicyclic) bond motifs is 1. The Morgan fingerprint density at radius 3 is 2.70 bits per heavy atom. The molecule has 1 N–H and O–H groups in total. The standard InChI is InChI=1S/C18H23NO/c1-5-10-14(6-2)19-13(4)18-15(7-3)16-11-8-9-12-17(16)20-18/h1,8-9,11-14,19H,6-7,10H2,2-4H3. The molecule has 2 unspecified atom stereocenters. The van der Waals surface area contributed by atoms with Crippen LogP contribution in [0.15, 0.2) is 28.7 Å². The van der Waals surface area contributed by atoms with Crippen LogP contribution in [0.2, 0.25) is 0 Å². The van der Waals surface area contributed by atoms with Gasteiger partial charge in [0.25, 0.3) is 0 Å². The zero-order valence-electron chi connectivity index (χ0n) is 12.6. The molecule has 0 bridgehead atoms. The summed E-state index contributed by atoms with van der Waals surface area (Å²) in [6.07, 6.45) is 8.18. The predicted octanol–water partition coefficient (Wildman–Crippen LogP) is 4.45. The predicted molar refractivity (Wildman–Crippen MR) is 84.7 cm³/mol. The van der Waals surface area contributed by atoms with Crippen molar-refractivity contribution in [2.24, 2.45) is 0 Å². The monoisotopic (exact) mass is 269 g/mol. The Labute approximate surface area is 121 Å². The summed E-state index contributed by atoms with van der Waals surface area (Å²) in [5, 5.41) is 4.81. The van der Waals surface area contributed by atoms with Crippen LogP contribution in [0.5, 0.6) is 0 Å². The van der Waals surface area contributed by atoms with Gasteiger partial charge in [-0.15, -0.1) is 12.3 Å². The number of terminal acetylenes is 1. The zero-order valence-corrected chi connectivity index (χ0v) is 12.6. The Kier molecular flexibility index (Phi) is 4.87. The van der Waals surface area contributed by atoms with Gasteiger partial charge in [0.1, 0.15) is 11.3 Å². The van der Waals surface area contributed by atoms with E-state index >= 15 is 0 Å². The highest BCUT2D eigenvalue weighted by Crippen LogP contribution is 2.30. The summed E-state index contributed by atoms with van der Waals surface area (Å²) in [6.45, 7) is 6.48. The molecule has 0 aliphatic rings. The second-order valence-electron chi connectivity index (χ2n) is 5.20. The van der Waals surface area contributed by atoms with Gasteiger partial charge in [0.05, 0.1) is 6.04 Å². The first-order valence-corrected chi connectivity index (χ1v) is 7.41. The van der Waals surface area contributed by atoms with Gasteiger partial charge in [-0.3, -0.25) is 0 Å². The summed E-state index contributed by atoms with van der Waals surface area (Å²) >= 11 is 0. The highest BCUT2D eigenvalue weighted by molar-refractivity contribution is 5.82. The molecular weight excluding hydrogens is 246 g/mol. The minimum absolute atomic E-state index is 0.177. The summed E-state index contributed by atoms with van der Waals surface area (Å²) < 4.78 is 6.06. The van der Waals surface area contributed by atoms with Crippen LogP contribution < -0.4 is 5.32 Å². The molecule has 20 heavy (non-hydrogen) atoms. The van der Waals surface area contributed by atoms with Crippen molar-refractivity contribution in [3.63, 3.8) is 0 Å². The van der Waals surface area contributed by atoms with E-state index in [0.717, 1.165) is 30.6 Å². The lowest BCUT2D eigenvalue weighted by Crippen LogP contribution is -2.30. The highest BCUT2D eigenvalue weighted by Gasteiger charge is 2.19. The number of benzene rings is 1. The lowest BCUT2D eigenvalue weighted by molar-refractivity contribution is 0.392. The maximum atomic E-state index is 6.06. The van der Waals surface area contributed by atoms with Gasteiger partial charge in [-0.2, -0.15) is 0 Å². The van der Waals surface area contributed by atoms with Crippen LogP contribution in [-0.2, 0) is 6.42 Å². The van der Waals surface area contributed by atoms with Crippen molar-refractivity contribution in [1.82, 2.24) is 5.32 Å². The number of para-hydroxylation sites is 1. The molecule has 1 aromatic heterocycles. The summed E-state index contributed by atoms with van der Waals surface area (Å²) in [5.74, 6) is 3.78. The van der Waals surface area contributed by atoms with Crippen LogP contribution in [0.4, 0.5) is 0 Å². The van der Waals surface area contributed by atoms with E-state index in [4.69, 9.17) is 10.8 Å². The summed E-state index contributed by atoms with van der Waals surface area (Å²) in [7, 11) is 0. The number of furan rings is 1. The smallest absolute Gasteiger partial charge is 0.134 e. The second-order valence-corrected chi connectivity index (χ2v) is 5.20. The first kappa shape index (κ1) is 14.7. The van der Waals surface area contributed by atoms with Crippen LogP contribution in [0.3, 0.4) is 0 Å². The van der Waals surface area contributed by atoms with Crippen molar-refractivity contribution >= 4 is 11.0 Å². The normalized spacial score (nSPS) is 14.1. The maximum absolute atomic E-state index is 6.06. The lowest BCUT2D eigenvalue weighted by atomic mass is 10.0. The number of aryl methyl sites for hydroxylation is 1. The quantitative estimate of drug-likeness (QED) is 0.784. The molecule has 2 nitrogen and oxygen atoms in total. The Balaban J connectivity index is 2.29. The summed E-state index contributed by atoms with van der Waals surface area (Å²) in [5.41, 5.74) is 2.27. The summed E-state index contributed by atoms with van der Waals surface area (Å²) in [4.78, 5) is 0. The van der Waals surface area contributed by atoms with Crippen molar-refractivity contribution in [1.29, 1.82) is 0 Å². The number of hydrogen-bond donors (Lipinski definition) is 1. The van der Waals surface area contributed by atoms with Gasteiger partial charge in [0.15, 0.2) is 0 Å². The molecule has 1 heterocycles. The van der Waals surface area contributed by atoms with E-state index in [0.29, 0.717) is 6.04 Å². The van der Waals surface area contributed by atoms with Crippen LogP contribution in [0.1, 0.15) is 51.0 Å². The number of rotatable bonds is 6. The SMILES string of the molecule is C#CCC(CC)NC(C)c1oc2ccccc2c1CC. The van der Waals surface area contributed by atoms with Crippen LogP contribution in [0.25, 0.3) is 11.0 Å². The fraction of sp³-hybridized carbons (Fsp3) is 0.444. The molecule has 2 heteroatoms. The molecule has 1 aromatic carbocycles. The van der Waals surface area contributed by atoms with Crippen molar-refractivity contribution < 1.29 is 4.42 Å². The Bertz CT molecular complexity index is 605. The molecular formula is C18H23NO. The molecule has 2 aromatic rings. The minimum Gasteiger partial charge on any atom is -0.459 e. The third-order valence-electron chi connectivity index (χ3n) is 3.82. The van der Waals surface area contributed by atoms with Gasteiger partial charge in [-0.1, -0.05) is 32.0 Å². The molecule has 2 atom stereocenters. The Hall–Kier alpha value is -1.72. The third kappa shape index (κ3) is 2.89. The first-order valence-electron chi connectivity index (χ1n) is 7.41. The van der Waals surface area contributed by atoms with E-state index in [9.17, 15) is 0 Å². The van der Waals surface area contributed by atoms with Crippen molar-refractivity contribution in [3.05, 3.63) is 35.6 Å². The molecule has 0 aliphatic heterocycles. The van der Waals surface area contributed by atoms with E-state index in [1.165, 1.54) is 10.9 Å². The topological polar surface area (TPSA) is 25.2 Å². The molecule has 0 amide bonds. The van der Waals surface area contributed by atoms with Gasteiger partial charge in [-0.05, 0) is 25.8 Å². The first-order chi connectivity index (χ1) is 9.71. The Morgan fingerprint density at radius 1 is 1.30 bits per heavy atom. The van der Waals surface area contributed by atoms with Gasteiger partial charge in [0, 0.05) is 23.4 Å². The molecule has 0 spiro atoms. The fourth-order valence-corrected chi connectivity index (χ4v) is 2.72. The fourth-order valence-electron chi connectivity index (χ4n) is 2.72. The van der Waals surface area contributed by atoms with E-state index in [2.05, 4.69) is 44.1 Å². The van der Waals surface area contributed by atoms with E-state index in [1.807, 2.05) is 12.1 Å². The Morgan fingerprint density at radius 2 is 2.05 bits per heavy atom.